The van der Waals surface area contributed by atoms with Crippen LogP contribution in [-0.4, -0.2) is 0 Å². The van der Waals surface area contributed by atoms with Gasteiger partial charge in [0, 0.05) is 4.47 Å². The fourth-order valence-electron chi connectivity index (χ4n) is 2.21. The molecule has 0 saturated heterocycles. The van der Waals surface area contributed by atoms with Crippen molar-refractivity contribution in [2.24, 2.45) is 5.84 Å². The molecule has 0 fully saturated rings. The van der Waals surface area contributed by atoms with Crippen LogP contribution in [0.3, 0.4) is 0 Å². The molecule has 2 aromatic rings. The van der Waals surface area contributed by atoms with Crippen molar-refractivity contribution >= 4 is 15.9 Å². The summed E-state index contributed by atoms with van der Waals surface area (Å²) >= 11 is 3.51. The van der Waals surface area contributed by atoms with Crippen molar-refractivity contribution in [1.82, 2.24) is 5.43 Å². The Hall–Kier alpha value is -1.23. The molecule has 1 atom stereocenters. The molecule has 0 spiro atoms. The molecule has 0 radical (unpaired) electrons. The van der Waals surface area contributed by atoms with E-state index in [1.165, 1.54) is 12.1 Å². The third kappa shape index (κ3) is 2.86. The third-order valence-corrected chi connectivity index (χ3v) is 4.20. The molecule has 0 heterocycles. The van der Waals surface area contributed by atoms with Crippen LogP contribution in [0, 0.1) is 19.7 Å². The van der Waals surface area contributed by atoms with E-state index in [2.05, 4.69) is 21.4 Å². The number of nitrogens with two attached hydrogens (primary N) is 1. The molecule has 2 nitrogen and oxygen atoms in total. The highest BCUT2D eigenvalue weighted by atomic mass is 79.9. The van der Waals surface area contributed by atoms with Gasteiger partial charge in [0.2, 0.25) is 0 Å². The summed E-state index contributed by atoms with van der Waals surface area (Å²) in [6.07, 6.45) is 0. The van der Waals surface area contributed by atoms with Crippen molar-refractivity contribution in [2.45, 2.75) is 19.9 Å². The van der Waals surface area contributed by atoms with Crippen molar-refractivity contribution in [3.05, 3.63) is 68.9 Å². The molecule has 100 valence electrons. The predicted octanol–water partition coefficient (Wildman–Crippen LogP) is 3.76. The molecule has 0 amide bonds. The molecule has 19 heavy (non-hydrogen) atoms. The number of hydrogen-bond donors (Lipinski definition) is 2. The lowest BCUT2D eigenvalue weighted by molar-refractivity contribution is 0.601. The van der Waals surface area contributed by atoms with E-state index < -0.39 is 0 Å². The van der Waals surface area contributed by atoms with Crippen LogP contribution in [0.1, 0.15) is 28.3 Å². The molecule has 0 aliphatic carbocycles. The van der Waals surface area contributed by atoms with Crippen molar-refractivity contribution in [2.75, 3.05) is 0 Å². The van der Waals surface area contributed by atoms with Gasteiger partial charge in [0.05, 0.1) is 6.04 Å². The Kier molecular flexibility index (Phi) is 4.34. The molecule has 2 rings (SSSR count). The van der Waals surface area contributed by atoms with Gasteiger partial charge in [-0.3, -0.25) is 5.84 Å². The van der Waals surface area contributed by atoms with Crippen LogP contribution in [0.2, 0.25) is 0 Å². The molecule has 0 bridgehead atoms. The van der Waals surface area contributed by atoms with Crippen molar-refractivity contribution in [3.63, 3.8) is 0 Å². The van der Waals surface area contributed by atoms with Crippen molar-refractivity contribution in [1.29, 1.82) is 0 Å². The summed E-state index contributed by atoms with van der Waals surface area (Å²) in [5.74, 6) is 5.43. The average Bonchev–Trinajstić information content (AvgIpc) is 2.39. The molecule has 0 aromatic heterocycles. The fourth-order valence-corrected chi connectivity index (χ4v) is 2.59. The van der Waals surface area contributed by atoms with E-state index in [-0.39, 0.29) is 11.9 Å². The fraction of sp³-hybridized carbons (Fsp3) is 0.200. The van der Waals surface area contributed by atoms with Gasteiger partial charge in [0.15, 0.2) is 0 Å². The minimum absolute atomic E-state index is 0.229. The Morgan fingerprint density at radius 1 is 1.16 bits per heavy atom. The lowest BCUT2D eigenvalue weighted by Gasteiger charge is -2.21. The first-order chi connectivity index (χ1) is 9.04. The summed E-state index contributed by atoms with van der Waals surface area (Å²) < 4.78 is 14.5. The number of halogens is 2. The van der Waals surface area contributed by atoms with E-state index in [0.29, 0.717) is 0 Å². The minimum atomic E-state index is -0.256. The number of aryl methyl sites for hydroxylation is 1. The van der Waals surface area contributed by atoms with Crippen LogP contribution in [0.25, 0.3) is 0 Å². The van der Waals surface area contributed by atoms with Gasteiger partial charge in [0.25, 0.3) is 0 Å². The van der Waals surface area contributed by atoms with E-state index in [4.69, 9.17) is 5.84 Å². The highest BCUT2D eigenvalue weighted by Gasteiger charge is 2.18. The first-order valence-corrected chi connectivity index (χ1v) is 6.81. The smallest absolute Gasteiger partial charge is 0.123 e. The van der Waals surface area contributed by atoms with Gasteiger partial charge in [-0.1, -0.05) is 34.1 Å². The van der Waals surface area contributed by atoms with E-state index in [1.807, 2.05) is 32.0 Å². The van der Waals surface area contributed by atoms with Crippen LogP contribution in [0.4, 0.5) is 4.39 Å². The van der Waals surface area contributed by atoms with Gasteiger partial charge in [-0.2, -0.15) is 0 Å². The minimum Gasteiger partial charge on any atom is -0.271 e. The molecule has 0 saturated carbocycles. The molecule has 2 aromatic carbocycles. The molecular weight excluding hydrogens is 307 g/mol. The van der Waals surface area contributed by atoms with Crippen molar-refractivity contribution in [3.8, 4) is 0 Å². The van der Waals surface area contributed by atoms with Gasteiger partial charge in [-0.25, -0.2) is 9.82 Å². The van der Waals surface area contributed by atoms with Gasteiger partial charge in [0.1, 0.15) is 5.82 Å². The topological polar surface area (TPSA) is 38.0 Å². The second-order valence-electron chi connectivity index (χ2n) is 4.55. The van der Waals surface area contributed by atoms with E-state index in [1.54, 1.807) is 6.07 Å². The number of hydrogen-bond acceptors (Lipinski definition) is 2. The zero-order valence-corrected chi connectivity index (χ0v) is 12.5. The maximum absolute atomic E-state index is 13.5. The molecular formula is C15H16BrFN2. The van der Waals surface area contributed by atoms with Gasteiger partial charge in [-0.05, 0) is 54.3 Å². The molecule has 3 N–H and O–H groups in total. The lowest BCUT2D eigenvalue weighted by Crippen LogP contribution is -2.30. The SMILES string of the molecule is Cc1ccc(F)cc1C(NN)c1cccc(Br)c1C. The maximum atomic E-state index is 13.5. The molecule has 1 unspecified atom stereocenters. The second-order valence-corrected chi connectivity index (χ2v) is 5.41. The van der Waals surface area contributed by atoms with E-state index >= 15 is 0 Å². The predicted molar refractivity (Wildman–Crippen MR) is 79.2 cm³/mol. The summed E-state index contributed by atoms with van der Waals surface area (Å²) in [6.45, 7) is 3.96. The zero-order valence-electron chi connectivity index (χ0n) is 10.9. The first-order valence-electron chi connectivity index (χ1n) is 6.01. The standard InChI is InChI=1S/C15H16BrFN2/c1-9-6-7-11(17)8-13(9)15(19-18)12-4-3-5-14(16)10(12)2/h3-8,15,19H,18H2,1-2H3. The number of rotatable bonds is 3. The number of nitrogens with one attached hydrogen (secondary N) is 1. The summed E-state index contributed by atoms with van der Waals surface area (Å²) in [6, 6.07) is 10.4. The highest BCUT2D eigenvalue weighted by molar-refractivity contribution is 9.10. The maximum Gasteiger partial charge on any atom is 0.123 e. The largest absolute Gasteiger partial charge is 0.271 e. The highest BCUT2D eigenvalue weighted by Crippen LogP contribution is 2.30. The van der Waals surface area contributed by atoms with Crippen LogP contribution >= 0.6 is 15.9 Å². The number of hydrazine groups is 1. The normalized spacial score (nSPS) is 12.5. The average molecular weight is 323 g/mol. The second kappa shape index (κ2) is 5.82. The summed E-state index contributed by atoms with van der Waals surface area (Å²) in [5, 5.41) is 0. The third-order valence-electron chi connectivity index (χ3n) is 3.34. The van der Waals surface area contributed by atoms with Gasteiger partial charge >= 0.3 is 0 Å². The lowest BCUT2D eigenvalue weighted by atomic mass is 9.92. The summed E-state index contributed by atoms with van der Waals surface area (Å²) in [4.78, 5) is 0. The van der Waals surface area contributed by atoms with Crippen molar-refractivity contribution < 1.29 is 4.39 Å². The van der Waals surface area contributed by atoms with Gasteiger partial charge < -0.3 is 0 Å². The van der Waals surface area contributed by atoms with Crippen LogP contribution < -0.4 is 11.3 Å². The molecule has 0 aliphatic heterocycles. The Morgan fingerprint density at radius 3 is 2.58 bits per heavy atom. The van der Waals surface area contributed by atoms with Crippen LogP contribution in [-0.2, 0) is 0 Å². The first kappa shape index (κ1) is 14.2. The Morgan fingerprint density at radius 2 is 1.89 bits per heavy atom. The summed E-state index contributed by atoms with van der Waals surface area (Å²) in [5.41, 5.74) is 6.76. The summed E-state index contributed by atoms with van der Waals surface area (Å²) in [7, 11) is 0. The molecule has 4 heteroatoms. The molecule has 0 aliphatic rings. The quantitative estimate of drug-likeness (QED) is 0.667. The van der Waals surface area contributed by atoms with E-state index in [0.717, 1.165) is 26.7 Å². The Labute approximate surface area is 120 Å². The van der Waals surface area contributed by atoms with Crippen LogP contribution in [0.15, 0.2) is 40.9 Å². The van der Waals surface area contributed by atoms with Crippen LogP contribution in [0.5, 0.6) is 0 Å². The zero-order chi connectivity index (χ0) is 14.0. The van der Waals surface area contributed by atoms with E-state index in [9.17, 15) is 4.39 Å². The number of benzene rings is 2. The Balaban J connectivity index is 2.56. The monoisotopic (exact) mass is 322 g/mol. The van der Waals surface area contributed by atoms with Gasteiger partial charge in [-0.15, -0.1) is 0 Å². The Bertz CT molecular complexity index is 597.